The van der Waals surface area contributed by atoms with Crippen LogP contribution in [0.2, 0.25) is 0 Å². The fourth-order valence-electron chi connectivity index (χ4n) is 2.98. The largest absolute Gasteiger partial charge is 0.490 e. The Balaban J connectivity index is 1.96. The Morgan fingerprint density at radius 1 is 1.07 bits per heavy atom. The highest BCUT2D eigenvalue weighted by atomic mass is 79.9. The Kier molecular flexibility index (Phi) is 6.89. The van der Waals surface area contributed by atoms with E-state index >= 15 is 0 Å². The number of benzene rings is 2. The van der Waals surface area contributed by atoms with Gasteiger partial charge in [-0.3, -0.25) is 14.9 Å². The molecule has 1 N–H and O–H groups in total. The van der Waals surface area contributed by atoms with E-state index in [1.165, 1.54) is 6.08 Å². The number of carbonyl (C=O) groups is 3. The van der Waals surface area contributed by atoms with Crippen LogP contribution in [-0.4, -0.2) is 36.4 Å². The third-order valence-electron chi connectivity index (χ3n) is 4.27. The quantitative estimate of drug-likeness (QED) is 0.376. The average Bonchev–Trinajstić information content (AvgIpc) is 2.70. The van der Waals surface area contributed by atoms with Gasteiger partial charge in [0.2, 0.25) is 0 Å². The van der Waals surface area contributed by atoms with E-state index in [4.69, 9.17) is 9.47 Å². The Bertz CT molecular complexity index is 1020. The first kappa shape index (κ1) is 21.6. The van der Waals surface area contributed by atoms with Crippen LogP contribution in [0.5, 0.6) is 11.5 Å². The highest BCUT2D eigenvalue weighted by molar-refractivity contribution is 9.09. The minimum absolute atomic E-state index is 0.146. The molecular formula is C22H21BrN2O5. The molecule has 1 saturated heterocycles. The monoisotopic (exact) mass is 472 g/mol. The number of rotatable bonds is 7. The van der Waals surface area contributed by atoms with E-state index in [1.54, 1.807) is 36.4 Å². The third-order valence-corrected chi connectivity index (χ3v) is 4.60. The summed E-state index contributed by atoms with van der Waals surface area (Å²) in [6.07, 6.45) is 1.43. The number of ether oxygens (including phenoxy) is 2. The Labute approximate surface area is 182 Å². The number of carbonyl (C=O) groups excluding carboxylic acids is 3. The smallest absolute Gasteiger partial charge is 0.335 e. The average molecular weight is 473 g/mol. The number of nitrogens with zero attached hydrogens (tertiary/aromatic N) is 1. The minimum Gasteiger partial charge on any atom is -0.490 e. The van der Waals surface area contributed by atoms with Gasteiger partial charge in [0.25, 0.3) is 11.8 Å². The zero-order valence-electron chi connectivity index (χ0n) is 16.6. The molecule has 0 bridgehead atoms. The number of hydrogen-bond donors (Lipinski definition) is 1. The number of imide groups is 2. The van der Waals surface area contributed by atoms with Crippen LogP contribution in [0, 0.1) is 6.92 Å². The minimum atomic E-state index is -0.777. The van der Waals surface area contributed by atoms with Gasteiger partial charge in [-0.25, -0.2) is 9.69 Å². The van der Waals surface area contributed by atoms with Crippen molar-refractivity contribution < 1.29 is 23.9 Å². The molecular weight excluding hydrogens is 452 g/mol. The molecule has 1 aliphatic heterocycles. The molecule has 0 aliphatic carbocycles. The molecule has 1 fully saturated rings. The molecule has 0 radical (unpaired) electrons. The van der Waals surface area contributed by atoms with Gasteiger partial charge in [0, 0.05) is 5.33 Å². The van der Waals surface area contributed by atoms with Gasteiger partial charge < -0.3 is 9.47 Å². The van der Waals surface area contributed by atoms with Gasteiger partial charge in [-0.15, -0.1) is 0 Å². The van der Waals surface area contributed by atoms with Crippen LogP contribution in [0.15, 0.2) is 48.0 Å². The summed E-state index contributed by atoms with van der Waals surface area (Å²) in [4.78, 5) is 38.6. The van der Waals surface area contributed by atoms with Crippen molar-refractivity contribution >= 4 is 45.5 Å². The van der Waals surface area contributed by atoms with Crippen molar-refractivity contribution in [3.63, 3.8) is 0 Å². The molecule has 0 spiro atoms. The first-order valence-electron chi connectivity index (χ1n) is 9.38. The molecule has 1 heterocycles. The summed E-state index contributed by atoms with van der Waals surface area (Å²) in [6, 6.07) is 11.3. The number of hydrogen-bond acceptors (Lipinski definition) is 5. The normalized spacial score (nSPS) is 15.4. The van der Waals surface area contributed by atoms with E-state index < -0.39 is 17.8 Å². The molecule has 0 saturated carbocycles. The van der Waals surface area contributed by atoms with E-state index in [0.29, 0.717) is 41.3 Å². The van der Waals surface area contributed by atoms with Crippen molar-refractivity contribution in [2.75, 3.05) is 23.4 Å². The predicted octanol–water partition coefficient (Wildman–Crippen LogP) is 3.83. The van der Waals surface area contributed by atoms with Gasteiger partial charge >= 0.3 is 6.03 Å². The predicted molar refractivity (Wildman–Crippen MR) is 117 cm³/mol. The van der Waals surface area contributed by atoms with Crippen LogP contribution in [0.3, 0.4) is 0 Å². The van der Waals surface area contributed by atoms with Crippen molar-refractivity contribution in [2.45, 2.75) is 13.8 Å². The summed E-state index contributed by atoms with van der Waals surface area (Å²) in [7, 11) is 0. The molecule has 30 heavy (non-hydrogen) atoms. The molecule has 0 unspecified atom stereocenters. The second-order valence-electron chi connectivity index (χ2n) is 6.47. The van der Waals surface area contributed by atoms with Gasteiger partial charge in [0.15, 0.2) is 11.5 Å². The van der Waals surface area contributed by atoms with Crippen molar-refractivity contribution in [3.05, 3.63) is 59.2 Å². The van der Waals surface area contributed by atoms with Crippen LogP contribution in [0.25, 0.3) is 6.08 Å². The molecule has 2 aromatic carbocycles. The van der Waals surface area contributed by atoms with Crippen LogP contribution in [-0.2, 0) is 9.59 Å². The number of anilines is 1. The summed E-state index contributed by atoms with van der Waals surface area (Å²) in [5, 5.41) is 2.89. The fraction of sp³-hybridized carbons (Fsp3) is 0.227. The number of nitrogens with one attached hydrogen (secondary N) is 1. The summed E-state index contributed by atoms with van der Waals surface area (Å²) in [6.45, 7) is 4.60. The zero-order chi connectivity index (χ0) is 21.7. The first-order chi connectivity index (χ1) is 14.4. The number of alkyl halides is 1. The summed E-state index contributed by atoms with van der Waals surface area (Å²) >= 11 is 3.31. The van der Waals surface area contributed by atoms with E-state index in [2.05, 4.69) is 21.2 Å². The van der Waals surface area contributed by atoms with Crippen LogP contribution < -0.4 is 19.7 Å². The van der Waals surface area contributed by atoms with Crippen LogP contribution >= 0.6 is 15.9 Å². The Morgan fingerprint density at radius 2 is 1.87 bits per heavy atom. The lowest BCUT2D eigenvalue weighted by molar-refractivity contribution is -0.122. The van der Waals surface area contributed by atoms with Gasteiger partial charge in [0.05, 0.1) is 18.9 Å². The second-order valence-corrected chi connectivity index (χ2v) is 7.27. The highest BCUT2D eigenvalue weighted by Gasteiger charge is 2.36. The SMILES string of the molecule is CCOc1cc(/C=C2\C(=O)NC(=O)N(c3cccc(C)c3)C2=O)ccc1OCCBr. The van der Waals surface area contributed by atoms with Crippen LogP contribution in [0.1, 0.15) is 18.1 Å². The summed E-state index contributed by atoms with van der Waals surface area (Å²) in [5.41, 5.74) is 1.70. The molecule has 4 amide bonds. The molecule has 2 aromatic rings. The zero-order valence-corrected chi connectivity index (χ0v) is 18.2. The number of aryl methyl sites for hydroxylation is 1. The first-order valence-corrected chi connectivity index (χ1v) is 10.5. The number of urea groups is 1. The maximum Gasteiger partial charge on any atom is 0.335 e. The van der Waals surface area contributed by atoms with E-state index in [1.807, 2.05) is 19.9 Å². The van der Waals surface area contributed by atoms with E-state index in [0.717, 1.165) is 10.5 Å². The fourth-order valence-corrected chi connectivity index (χ4v) is 3.14. The lowest BCUT2D eigenvalue weighted by atomic mass is 10.1. The molecule has 0 atom stereocenters. The van der Waals surface area contributed by atoms with Gasteiger partial charge in [-0.05, 0) is 55.3 Å². The second kappa shape index (κ2) is 9.58. The van der Waals surface area contributed by atoms with E-state index in [9.17, 15) is 14.4 Å². The van der Waals surface area contributed by atoms with Gasteiger partial charge in [-0.1, -0.05) is 34.1 Å². The summed E-state index contributed by atoms with van der Waals surface area (Å²) in [5.74, 6) is -0.365. The standard InChI is InChI=1S/C22H21BrN2O5/c1-3-29-19-13-15(7-8-18(19)30-10-9-23)12-17-20(26)24-22(28)25(21(17)27)16-6-4-5-14(2)11-16/h4-8,11-13H,3,9-10H2,1-2H3,(H,24,26,28)/b17-12+. The maximum absolute atomic E-state index is 13.0. The van der Waals surface area contributed by atoms with Crippen molar-refractivity contribution in [1.29, 1.82) is 0 Å². The molecule has 0 aromatic heterocycles. The molecule has 1 aliphatic rings. The van der Waals surface area contributed by atoms with Gasteiger partial charge in [0.1, 0.15) is 5.57 Å². The van der Waals surface area contributed by atoms with Crippen molar-refractivity contribution in [3.8, 4) is 11.5 Å². The van der Waals surface area contributed by atoms with E-state index in [-0.39, 0.29) is 5.57 Å². The number of amides is 4. The Hall–Kier alpha value is -3.13. The highest BCUT2D eigenvalue weighted by Crippen LogP contribution is 2.30. The Morgan fingerprint density at radius 3 is 2.57 bits per heavy atom. The lowest BCUT2D eigenvalue weighted by Crippen LogP contribution is -2.54. The molecule has 7 nitrogen and oxygen atoms in total. The topological polar surface area (TPSA) is 84.9 Å². The molecule has 156 valence electrons. The number of barbiturate groups is 1. The maximum atomic E-state index is 13.0. The van der Waals surface area contributed by atoms with Crippen molar-refractivity contribution in [1.82, 2.24) is 5.32 Å². The van der Waals surface area contributed by atoms with Crippen molar-refractivity contribution in [2.24, 2.45) is 0 Å². The molecule has 3 rings (SSSR count). The number of halogens is 1. The third kappa shape index (κ3) is 4.71. The summed E-state index contributed by atoms with van der Waals surface area (Å²) < 4.78 is 11.3. The van der Waals surface area contributed by atoms with Crippen LogP contribution in [0.4, 0.5) is 10.5 Å². The van der Waals surface area contributed by atoms with Gasteiger partial charge in [-0.2, -0.15) is 0 Å². The lowest BCUT2D eigenvalue weighted by Gasteiger charge is -2.26. The molecule has 8 heteroatoms.